The number of benzene rings is 1. The average molecular weight is 247 g/mol. The first-order valence-corrected chi connectivity index (χ1v) is 6.48. The zero-order chi connectivity index (χ0) is 13.3. The second kappa shape index (κ2) is 4.63. The van der Waals surface area contributed by atoms with Gasteiger partial charge in [-0.25, -0.2) is 0 Å². The number of anilines is 1. The third kappa shape index (κ3) is 2.35. The minimum atomic E-state index is -0.664. The number of hydrogen-bond acceptors (Lipinski definition) is 2. The molecule has 3 heteroatoms. The molecule has 0 aromatic heterocycles. The highest BCUT2D eigenvalue weighted by atomic mass is 16.4. The Morgan fingerprint density at radius 3 is 2.39 bits per heavy atom. The van der Waals surface area contributed by atoms with E-state index in [9.17, 15) is 9.90 Å². The molecule has 0 saturated carbocycles. The largest absolute Gasteiger partial charge is 0.481 e. The lowest BCUT2D eigenvalue weighted by molar-refractivity contribution is -0.149. The lowest BCUT2D eigenvalue weighted by Gasteiger charge is -2.38. The van der Waals surface area contributed by atoms with Crippen LogP contribution in [0.3, 0.4) is 0 Å². The molecule has 0 radical (unpaired) electrons. The predicted molar refractivity (Wildman–Crippen MR) is 73.1 cm³/mol. The fraction of sp³-hybridized carbons (Fsp3) is 0.533. The van der Waals surface area contributed by atoms with E-state index in [2.05, 4.69) is 36.9 Å². The molecule has 0 unspecified atom stereocenters. The van der Waals surface area contributed by atoms with Crippen molar-refractivity contribution < 1.29 is 9.90 Å². The Morgan fingerprint density at radius 1 is 1.28 bits per heavy atom. The van der Waals surface area contributed by atoms with Crippen molar-refractivity contribution in [2.24, 2.45) is 5.41 Å². The summed E-state index contributed by atoms with van der Waals surface area (Å²) < 4.78 is 0. The van der Waals surface area contributed by atoms with Gasteiger partial charge in [0.1, 0.15) is 0 Å². The number of carbonyl (C=O) groups is 1. The summed E-state index contributed by atoms with van der Waals surface area (Å²) >= 11 is 0. The SMILES string of the molecule is Cc1ccc(N2CCC(C)(C(=O)O)CC2)c(C)c1. The van der Waals surface area contributed by atoms with E-state index in [4.69, 9.17) is 0 Å². The van der Waals surface area contributed by atoms with Crippen LogP contribution in [-0.4, -0.2) is 24.2 Å². The average Bonchev–Trinajstić information content (AvgIpc) is 2.31. The van der Waals surface area contributed by atoms with Crippen LogP contribution in [0.15, 0.2) is 18.2 Å². The first kappa shape index (κ1) is 12.9. The van der Waals surface area contributed by atoms with E-state index < -0.39 is 11.4 Å². The standard InChI is InChI=1S/C15H21NO2/c1-11-4-5-13(12(2)10-11)16-8-6-15(3,7-9-16)14(17)18/h4-5,10H,6-9H2,1-3H3,(H,17,18). The molecule has 1 aliphatic rings. The van der Waals surface area contributed by atoms with Crippen LogP contribution in [0.25, 0.3) is 0 Å². The number of nitrogens with zero attached hydrogens (tertiary/aromatic N) is 1. The molecule has 98 valence electrons. The smallest absolute Gasteiger partial charge is 0.309 e. The third-order valence-electron chi connectivity index (χ3n) is 4.08. The van der Waals surface area contributed by atoms with Gasteiger partial charge in [-0.05, 0) is 45.2 Å². The fourth-order valence-electron chi connectivity index (χ4n) is 2.62. The van der Waals surface area contributed by atoms with Gasteiger partial charge in [0.15, 0.2) is 0 Å². The first-order valence-electron chi connectivity index (χ1n) is 6.48. The molecule has 1 aromatic rings. The first-order chi connectivity index (χ1) is 8.42. The zero-order valence-corrected chi connectivity index (χ0v) is 11.4. The summed E-state index contributed by atoms with van der Waals surface area (Å²) in [7, 11) is 0. The Kier molecular flexibility index (Phi) is 3.33. The summed E-state index contributed by atoms with van der Waals surface area (Å²) in [5.74, 6) is -0.664. The van der Waals surface area contributed by atoms with Crippen molar-refractivity contribution >= 4 is 11.7 Å². The van der Waals surface area contributed by atoms with Gasteiger partial charge in [0, 0.05) is 18.8 Å². The number of aryl methyl sites for hydroxylation is 2. The van der Waals surface area contributed by atoms with Gasteiger partial charge in [-0.2, -0.15) is 0 Å². The van der Waals surface area contributed by atoms with Gasteiger partial charge in [0.05, 0.1) is 5.41 Å². The number of hydrogen-bond donors (Lipinski definition) is 1. The molecule has 2 rings (SSSR count). The highest BCUT2D eigenvalue weighted by Crippen LogP contribution is 2.34. The summed E-state index contributed by atoms with van der Waals surface area (Å²) in [4.78, 5) is 13.5. The molecule has 1 aliphatic heterocycles. The molecular weight excluding hydrogens is 226 g/mol. The monoisotopic (exact) mass is 247 g/mol. The van der Waals surface area contributed by atoms with Crippen LogP contribution in [-0.2, 0) is 4.79 Å². The van der Waals surface area contributed by atoms with Crippen LogP contribution in [0.1, 0.15) is 30.9 Å². The van der Waals surface area contributed by atoms with Gasteiger partial charge >= 0.3 is 5.97 Å². The van der Waals surface area contributed by atoms with Gasteiger partial charge in [0.2, 0.25) is 0 Å². The molecule has 0 spiro atoms. The third-order valence-corrected chi connectivity index (χ3v) is 4.08. The molecule has 18 heavy (non-hydrogen) atoms. The topological polar surface area (TPSA) is 40.5 Å². The molecular formula is C15H21NO2. The Balaban J connectivity index is 2.12. The zero-order valence-electron chi connectivity index (χ0n) is 11.4. The number of carboxylic acid groups (broad SMARTS) is 1. The number of carboxylic acids is 1. The summed E-state index contributed by atoms with van der Waals surface area (Å²) in [5.41, 5.74) is 3.24. The van der Waals surface area contributed by atoms with Crippen molar-refractivity contribution in [1.29, 1.82) is 0 Å². The van der Waals surface area contributed by atoms with E-state index in [0.717, 1.165) is 25.9 Å². The van der Waals surface area contributed by atoms with Crippen LogP contribution in [0.5, 0.6) is 0 Å². The van der Waals surface area contributed by atoms with Gasteiger partial charge in [-0.1, -0.05) is 17.7 Å². The normalized spacial score (nSPS) is 18.7. The summed E-state index contributed by atoms with van der Waals surface area (Å²) in [6.07, 6.45) is 1.44. The van der Waals surface area contributed by atoms with E-state index >= 15 is 0 Å². The second-order valence-corrected chi connectivity index (χ2v) is 5.64. The maximum Gasteiger partial charge on any atom is 0.309 e. The quantitative estimate of drug-likeness (QED) is 0.873. The minimum Gasteiger partial charge on any atom is -0.481 e. The number of piperidine rings is 1. The van der Waals surface area contributed by atoms with Crippen molar-refractivity contribution in [2.45, 2.75) is 33.6 Å². The Labute approximate surface area is 108 Å². The van der Waals surface area contributed by atoms with E-state index in [1.807, 2.05) is 6.92 Å². The van der Waals surface area contributed by atoms with Crippen molar-refractivity contribution in [3.63, 3.8) is 0 Å². The maximum absolute atomic E-state index is 11.2. The van der Waals surface area contributed by atoms with Crippen molar-refractivity contribution in [3.8, 4) is 0 Å². The lowest BCUT2D eigenvalue weighted by atomic mass is 9.80. The summed E-state index contributed by atoms with van der Waals surface area (Å²) in [6, 6.07) is 6.45. The van der Waals surface area contributed by atoms with E-state index in [1.165, 1.54) is 16.8 Å². The van der Waals surface area contributed by atoms with Gasteiger partial charge in [-0.3, -0.25) is 4.79 Å². The predicted octanol–water partition coefficient (Wildman–Crippen LogP) is 2.99. The molecule has 1 N–H and O–H groups in total. The highest BCUT2D eigenvalue weighted by molar-refractivity contribution is 5.74. The summed E-state index contributed by atoms with van der Waals surface area (Å²) in [6.45, 7) is 7.72. The van der Waals surface area contributed by atoms with E-state index in [-0.39, 0.29) is 0 Å². The van der Waals surface area contributed by atoms with Crippen molar-refractivity contribution in [2.75, 3.05) is 18.0 Å². The van der Waals surface area contributed by atoms with Gasteiger partial charge in [0.25, 0.3) is 0 Å². The van der Waals surface area contributed by atoms with Crippen LogP contribution in [0, 0.1) is 19.3 Å². The fourth-order valence-corrected chi connectivity index (χ4v) is 2.62. The van der Waals surface area contributed by atoms with Crippen LogP contribution < -0.4 is 4.90 Å². The Morgan fingerprint density at radius 2 is 1.89 bits per heavy atom. The minimum absolute atomic E-state index is 0.547. The summed E-state index contributed by atoms with van der Waals surface area (Å²) in [5, 5.41) is 9.23. The van der Waals surface area contributed by atoms with E-state index in [1.54, 1.807) is 0 Å². The Hall–Kier alpha value is -1.51. The molecule has 1 fully saturated rings. The van der Waals surface area contributed by atoms with Crippen LogP contribution >= 0.6 is 0 Å². The molecule has 0 bridgehead atoms. The van der Waals surface area contributed by atoms with Crippen LogP contribution in [0.2, 0.25) is 0 Å². The van der Waals surface area contributed by atoms with Crippen molar-refractivity contribution in [1.82, 2.24) is 0 Å². The second-order valence-electron chi connectivity index (χ2n) is 5.64. The lowest BCUT2D eigenvalue weighted by Crippen LogP contribution is -2.42. The number of rotatable bonds is 2. The van der Waals surface area contributed by atoms with Crippen molar-refractivity contribution in [3.05, 3.63) is 29.3 Å². The molecule has 1 heterocycles. The molecule has 0 atom stereocenters. The molecule has 0 amide bonds. The highest BCUT2D eigenvalue weighted by Gasteiger charge is 2.37. The van der Waals surface area contributed by atoms with Gasteiger partial charge < -0.3 is 10.0 Å². The Bertz CT molecular complexity index is 460. The van der Waals surface area contributed by atoms with Gasteiger partial charge in [-0.15, -0.1) is 0 Å². The maximum atomic E-state index is 11.2. The number of aliphatic carboxylic acids is 1. The molecule has 1 aromatic carbocycles. The molecule has 3 nitrogen and oxygen atoms in total. The van der Waals surface area contributed by atoms with Crippen LogP contribution in [0.4, 0.5) is 5.69 Å². The molecule has 1 saturated heterocycles. The van der Waals surface area contributed by atoms with E-state index in [0.29, 0.717) is 0 Å². The molecule has 0 aliphatic carbocycles.